The molecule has 3 rings (SSSR count). The van der Waals surface area contributed by atoms with Gasteiger partial charge in [0.15, 0.2) is 5.82 Å². The van der Waals surface area contributed by atoms with Crippen LogP contribution in [0.2, 0.25) is 0 Å². The summed E-state index contributed by atoms with van der Waals surface area (Å²) in [6.07, 6.45) is 9.57. The van der Waals surface area contributed by atoms with E-state index < -0.39 is 10.7 Å². The molecule has 0 saturated heterocycles. The Morgan fingerprint density at radius 1 is 1.19 bits per heavy atom. The van der Waals surface area contributed by atoms with Gasteiger partial charge in [0.05, 0.1) is 4.92 Å². The Hall–Kier alpha value is -1.65. The number of nitrogens with one attached hydrogen (secondary N) is 1. The number of rotatable bonds is 3. The van der Waals surface area contributed by atoms with Crippen LogP contribution in [-0.2, 0) is 0 Å². The average molecular weight is 292 g/mol. The lowest BCUT2D eigenvalue weighted by Crippen LogP contribution is -2.32. The van der Waals surface area contributed by atoms with Gasteiger partial charge in [0.25, 0.3) is 5.69 Å². The van der Waals surface area contributed by atoms with Crippen LogP contribution in [-0.4, -0.2) is 11.0 Å². The van der Waals surface area contributed by atoms with E-state index in [9.17, 15) is 14.5 Å². The maximum Gasteiger partial charge on any atom is 0.295 e. The lowest BCUT2D eigenvalue weighted by Gasteiger charge is -2.37. The first kappa shape index (κ1) is 14.3. The fraction of sp³-hybridized carbons (Fsp3) is 0.625. The molecule has 4 nitrogen and oxygen atoms in total. The van der Waals surface area contributed by atoms with Crippen LogP contribution in [0.1, 0.15) is 51.4 Å². The van der Waals surface area contributed by atoms with Gasteiger partial charge in [-0.05, 0) is 50.0 Å². The predicted molar refractivity (Wildman–Crippen MR) is 79.8 cm³/mol. The van der Waals surface area contributed by atoms with Crippen LogP contribution in [0.25, 0.3) is 0 Å². The molecule has 21 heavy (non-hydrogen) atoms. The van der Waals surface area contributed by atoms with Crippen LogP contribution < -0.4 is 5.32 Å². The molecule has 1 aromatic carbocycles. The number of anilines is 1. The second-order valence-corrected chi connectivity index (χ2v) is 6.52. The van der Waals surface area contributed by atoms with Gasteiger partial charge < -0.3 is 5.32 Å². The molecule has 0 aliphatic heterocycles. The molecule has 2 aliphatic carbocycles. The highest BCUT2D eigenvalue weighted by molar-refractivity contribution is 5.62. The minimum atomic E-state index is -0.537. The highest BCUT2D eigenvalue weighted by Gasteiger charge is 2.37. The molecule has 5 heteroatoms. The predicted octanol–water partition coefficient (Wildman–Crippen LogP) is 4.65. The number of nitro groups is 1. The van der Waals surface area contributed by atoms with Crippen LogP contribution in [0, 0.1) is 21.3 Å². The van der Waals surface area contributed by atoms with Gasteiger partial charge in [0, 0.05) is 12.1 Å². The summed E-state index contributed by atoms with van der Waals surface area (Å²) in [7, 11) is 0. The van der Waals surface area contributed by atoms with Gasteiger partial charge in [-0.15, -0.1) is 0 Å². The summed E-state index contributed by atoms with van der Waals surface area (Å²) in [6.45, 7) is 0. The molecule has 0 heterocycles. The summed E-state index contributed by atoms with van der Waals surface area (Å²) in [4.78, 5) is 10.5. The molecular formula is C16H21FN2O2. The fourth-order valence-electron chi connectivity index (χ4n) is 4.01. The van der Waals surface area contributed by atoms with E-state index in [0.29, 0.717) is 5.41 Å². The molecule has 0 unspecified atom stereocenters. The third-order valence-electron chi connectivity index (χ3n) is 5.25. The molecule has 1 aromatic rings. The summed E-state index contributed by atoms with van der Waals surface area (Å²) in [6, 6.07) is 4.16. The summed E-state index contributed by atoms with van der Waals surface area (Å²) < 4.78 is 13.9. The molecule has 0 amide bonds. The SMILES string of the molecule is O=[N+]([O-])c1cccc(F)c1NC1CCC2(CCCC2)CC1. The van der Waals surface area contributed by atoms with Crippen molar-refractivity contribution in [2.24, 2.45) is 5.41 Å². The Morgan fingerprint density at radius 2 is 1.86 bits per heavy atom. The fourth-order valence-corrected chi connectivity index (χ4v) is 4.01. The third kappa shape index (κ3) is 2.87. The molecule has 2 fully saturated rings. The van der Waals surface area contributed by atoms with E-state index in [2.05, 4.69) is 5.32 Å². The van der Waals surface area contributed by atoms with Crippen molar-refractivity contribution in [1.29, 1.82) is 0 Å². The Morgan fingerprint density at radius 3 is 2.48 bits per heavy atom. The van der Waals surface area contributed by atoms with Gasteiger partial charge in [-0.25, -0.2) is 4.39 Å². The largest absolute Gasteiger partial charge is 0.374 e. The minimum Gasteiger partial charge on any atom is -0.374 e. The van der Waals surface area contributed by atoms with Crippen LogP contribution >= 0.6 is 0 Å². The first-order chi connectivity index (χ1) is 10.1. The first-order valence-electron chi connectivity index (χ1n) is 7.79. The van der Waals surface area contributed by atoms with E-state index in [0.717, 1.165) is 25.7 Å². The average Bonchev–Trinajstić information content (AvgIpc) is 2.92. The van der Waals surface area contributed by atoms with Crippen molar-refractivity contribution in [2.75, 3.05) is 5.32 Å². The summed E-state index contributed by atoms with van der Waals surface area (Å²) in [5, 5.41) is 14.1. The normalized spacial score (nSPS) is 21.6. The number of halogens is 1. The van der Waals surface area contributed by atoms with Crippen LogP contribution in [0.3, 0.4) is 0 Å². The monoisotopic (exact) mass is 292 g/mol. The molecule has 2 saturated carbocycles. The zero-order valence-electron chi connectivity index (χ0n) is 12.1. The van der Waals surface area contributed by atoms with Gasteiger partial charge in [0.1, 0.15) is 5.69 Å². The molecule has 0 radical (unpaired) electrons. The van der Waals surface area contributed by atoms with E-state index in [-0.39, 0.29) is 17.4 Å². The third-order valence-corrected chi connectivity index (χ3v) is 5.25. The van der Waals surface area contributed by atoms with Crippen molar-refractivity contribution in [2.45, 2.75) is 57.4 Å². The zero-order chi connectivity index (χ0) is 14.9. The number of hydrogen-bond acceptors (Lipinski definition) is 3. The summed E-state index contributed by atoms with van der Waals surface area (Å²) in [5.41, 5.74) is 0.394. The topological polar surface area (TPSA) is 55.2 Å². The molecule has 2 aliphatic rings. The number of hydrogen-bond donors (Lipinski definition) is 1. The number of para-hydroxylation sites is 1. The van der Waals surface area contributed by atoms with Crippen LogP contribution in [0.15, 0.2) is 18.2 Å². The van der Waals surface area contributed by atoms with Crippen LogP contribution in [0.5, 0.6) is 0 Å². The Labute approximate surface area is 123 Å². The maximum absolute atomic E-state index is 13.9. The highest BCUT2D eigenvalue weighted by Crippen LogP contribution is 2.49. The molecule has 1 spiro atoms. The van der Waals surface area contributed by atoms with Crippen molar-refractivity contribution in [1.82, 2.24) is 0 Å². The van der Waals surface area contributed by atoms with E-state index in [1.807, 2.05) is 0 Å². The summed E-state index contributed by atoms with van der Waals surface area (Å²) in [5.74, 6) is -0.537. The van der Waals surface area contributed by atoms with E-state index >= 15 is 0 Å². The maximum atomic E-state index is 13.9. The van der Waals surface area contributed by atoms with Crippen molar-refractivity contribution in [3.63, 3.8) is 0 Å². The molecule has 0 aromatic heterocycles. The number of benzene rings is 1. The smallest absolute Gasteiger partial charge is 0.295 e. The van der Waals surface area contributed by atoms with E-state index in [4.69, 9.17) is 0 Å². The number of nitro benzene ring substituents is 1. The van der Waals surface area contributed by atoms with Gasteiger partial charge in [-0.2, -0.15) is 0 Å². The Bertz CT molecular complexity index is 531. The minimum absolute atomic E-state index is 0.0508. The quantitative estimate of drug-likeness (QED) is 0.651. The van der Waals surface area contributed by atoms with Crippen molar-refractivity contribution >= 4 is 11.4 Å². The van der Waals surface area contributed by atoms with Gasteiger partial charge >= 0.3 is 0 Å². The second-order valence-electron chi connectivity index (χ2n) is 6.52. The standard InChI is InChI=1S/C16H21FN2O2/c17-13-4-3-5-14(19(20)21)15(13)18-12-6-10-16(11-7-12)8-1-2-9-16/h3-5,12,18H,1-2,6-11H2. The second kappa shape index (κ2) is 5.62. The van der Waals surface area contributed by atoms with Crippen LogP contribution in [0.4, 0.5) is 15.8 Å². The summed E-state index contributed by atoms with van der Waals surface area (Å²) >= 11 is 0. The van der Waals surface area contributed by atoms with Gasteiger partial charge in [-0.1, -0.05) is 18.9 Å². The van der Waals surface area contributed by atoms with E-state index in [1.165, 1.54) is 43.9 Å². The first-order valence-corrected chi connectivity index (χ1v) is 7.79. The molecule has 0 atom stereocenters. The lowest BCUT2D eigenvalue weighted by atomic mass is 9.71. The molecule has 0 bridgehead atoms. The number of nitrogens with zero attached hydrogens (tertiary/aromatic N) is 1. The lowest BCUT2D eigenvalue weighted by molar-refractivity contribution is -0.384. The zero-order valence-corrected chi connectivity index (χ0v) is 12.1. The highest BCUT2D eigenvalue weighted by atomic mass is 19.1. The Balaban J connectivity index is 1.69. The van der Waals surface area contributed by atoms with Crippen molar-refractivity contribution in [3.05, 3.63) is 34.1 Å². The van der Waals surface area contributed by atoms with Crippen molar-refractivity contribution < 1.29 is 9.31 Å². The molecule has 114 valence electrons. The molecule has 1 N–H and O–H groups in total. The van der Waals surface area contributed by atoms with Crippen molar-refractivity contribution in [3.8, 4) is 0 Å². The molecular weight excluding hydrogens is 271 g/mol. The van der Waals surface area contributed by atoms with E-state index in [1.54, 1.807) is 0 Å². The Kier molecular flexibility index (Phi) is 3.83. The van der Waals surface area contributed by atoms with Gasteiger partial charge in [-0.3, -0.25) is 10.1 Å². The van der Waals surface area contributed by atoms with Gasteiger partial charge in [0.2, 0.25) is 0 Å².